The van der Waals surface area contributed by atoms with Crippen molar-refractivity contribution in [3.8, 4) is 17.2 Å². The van der Waals surface area contributed by atoms with Crippen LogP contribution in [0.5, 0.6) is 0 Å². The molecular formula is C12H7BrN2. The van der Waals surface area contributed by atoms with E-state index in [1.165, 1.54) is 0 Å². The predicted octanol–water partition coefficient (Wildman–Crippen LogP) is 3.38. The summed E-state index contributed by atoms with van der Waals surface area (Å²) in [6.45, 7) is 0. The van der Waals surface area contributed by atoms with Gasteiger partial charge in [0.1, 0.15) is 6.07 Å². The van der Waals surface area contributed by atoms with Crippen molar-refractivity contribution in [1.82, 2.24) is 4.98 Å². The minimum absolute atomic E-state index is 0.413. The number of aromatic nitrogens is 1. The van der Waals surface area contributed by atoms with Gasteiger partial charge < -0.3 is 0 Å². The lowest BCUT2D eigenvalue weighted by Crippen LogP contribution is -1.87. The lowest BCUT2D eigenvalue weighted by Gasteiger charge is -2.04. The third kappa shape index (κ3) is 1.90. The Labute approximate surface area is 96.3 Å². The normalized spacial score (nSPS) is 9.60. The Hall–Kier alpha value is -1.66. The fourth-order valence-electron chi connectivity index (χ4n) is 1.36. The summed E-state index contributed by atoms with van der Waals surface area (Å²) in [4.78, 5) is 3.97. The van der Waals surface area contributed by atoms with Crippen LogP contribution in [0.4, 0.5) is 0 Å². The monoisotopic (exact) mass is 258 g/mol. The molecule has 0 amide bonds. The van der Waals surface area contributed by atoms with E-state index in [0.29, 0.717) is 5.69 Å². The van der Waals surface area contributed by atoms with E-state index in [4.69, 9.17) is 5.26 Å². The Bertz CT molecular complexity index is 515. The number of nitriles is 1. The number of halogens is 1. The second-order valence-electron chi connectivity index (χ2n) is 3.00. The highest BCUT2D eigenvalue weighted by Gasteiger charge is 2.07. The van der Waals surface area contributed by atoms with E-state index < -0.39 is 0 Å². The second kappa shape index (κ2) is 4.24. The van der Waals surface area contributed by atoms with Crippen LogP contribution in [0.3, 0.4) is 0 Å². The SMILES string of the molecule is N#Cc1nccc(-c2ccccc2)c1Br. The number of nitrogens with zero attached hydrogens (tertiary/aromatic N) is 2. The van der Waals surface area contributed by atoms with E-state index in [-0.39, 0.29) is 0 Å². The molecule has 0 bridgehead atoms. The Morgan fingerprint density at radius 3 is 2.53 bits per heavy atom. The van der Waals surface area contributed by atoms with Crippen molar-refractivity contribution in [2.75, 3.05) is 0 Å². The molecule has 0 aliphatic rings. The van der Waals surface area contributed by atoms with Gasteiger partial charge in [0, 0.05) is 11.8 Å². The van der Waals surface area contributed by atoms with Gasteiger partial charge in [-0.2, -0.15) is 5.26 Å². The maximum absolute atomic E-state index is 8.85. The molecule has 0 aliphatic carbocycles. The summed E-state index contributed by atoms with van der Waals surface area (Å²) in [6, 6.07) is 13.8. The minimum atomic E-state index is 0.413. The summed E-state index contributed by atoms with van der Waals surface area (Å²) in [6.07, 6.45) is 1.64. The van der Waals surface area contributed by atoms with Gasteiger partial charge in [-0.1, -0.05) is 30.3 Å². The molecule has 15 heavy (non-hydrogen) atoms. The van der Waals surface area contributed by atoms with Gasteiger partial charge in [0.05, 0.1) is 4.47 Å². The molecule has 0 spiro atoms. The summed E-state index contributed by atoms with van der Waals surface area (Å²) < 4.78 is 0.749. The predicted molar refractivity (Wildman–Crippen MR) is 62.1 cm³/mol. The molecule has 2 nitrogen and oxygen atoms in total. The molecule has 2 rings (SSSR count). The quantitative estimate of drug-likeness (QED) is 0.787. The van der Waals surface area contributed by atoms with Crippen molar-refractivity contribution in [3.63, 3.8) is 0 Å². The maximum atomic E-state index is 8.85. The maximum Gasteiger partial charge on any atom is 0.155 e. The van der Waals surface area contributed by atoms with Gasteiger partial charge in [-0.15, -0.1) is 0 Å². The zero-order valence-electron chi connectivity index (χ0n) is 7.81. The first-order valence-electron chi connectivity index (χ1n) is 4.43. The molecule has 1 heterocycles. The zero-order chi connectivity index (χ0) is 10.7. The minimum Gasteiger partial charge on any atom is -0.244 e. The first kappa shape index (κ1) is 9.88. The van der Waals surface area contributed by atoms with Crippen LogP contribution in [-0.4, -0.2) is 4.98 Å². The largest absolute Gasteiger partial charge is 0.244 e. The number of rotatable bonds is 1. The number of hydrogen-bond donors (Lipinski definition) is 0. The van der Waals surface area contributed by atoms with E-state index >= 15 is 0 Å². The van der Waals surface area contributed by atoms with Gasteiger partial charge in [0.2, 0.25) is 0 Å². The van der Waals surface area contributed by atoms with Crippen molar-refractivity contribution in [2.45, 2.75) is 0 Å². The molecule has 0 atom stereocenters. The lowest BCUT2D eigenvalue weighted by molar-refractivity contribution is 1.25. The van der Waals surface area contributed by atoms with Crippen LogP contribution >= 0.6 is 15.9 Å². The fraction of sp³-hybridized carbons (Fsp3) is 0. The average molecular weight is 259 g/mol. The van der Waals surface area contributed by atoms with E-state index in [2.05, 4.69) is 20.9 Å². The van der Waals surface area contributed by atoms with Crippen LogP contribution in [0.15, 0.2) is 47.1 Å². The van der Waals surface area contributed by atoms with Crippen molar-refractivity contribution in [3.05, 3.63) is 52.8 Å². The lowest BCUT2D eigenvalue weighted by atomic mass is 10.1. The van der Waals surface area contributed by atoms with Gasteiger partial charge in [0.15, 0.2) is 5.69 Å². The summed E-state index contributed by atoms with van der Waals surface area (Å²) in [5.41, 5.74) is 2.47. The molecule has 0 aliphatic heterocycles. The molecule has 0 saturated carbocycles. The van der Waals surface area contributed by atoms with Crippen LogP contribution in [0.25, 0.3) is 11.1 Å². The molecule has 0 N–H and O–H groups in total. The zero-order valence-corrected chi connectivity index (χ0v) is 9.40. The number of benzene rings is 1. The van der Waals surface area contributed by atoms with E-state index in [0.717, 1.165) is 15.6 Å². The van der Waals surface area contributed by atoms with Crippen LogP contribution < -0.4 is 0 Å². The number of pyridine rings is 1. The summed E-state index contributed by atoms with van der Waals surface area (Å²) in [5, 5.41) is 8.85. The van der Waals surface area contributed by atoms with E-state index in [1.54, 1.807) is 6.20 Å². The highest BCUT2D eigenvalue weighted by molar-refractivity contribution is 9.10. The third-order valence-electron chi connectivity index (χ3n) is 2.08. The molecule has 2 aromatic rings. The molecule has 0 unspecified atom stereocenters. The fourth-order valence-corrected chi connectivity index (χ4v) is 1.91. The molecule has 72 valence electrons. The van der Waals surface area contributed by atoms with Crippen LogP contribution in [0, 0.1) is 11.3 Å². The van der Waals surface area contributed by atoms with Gasteiger partial charge >= 0.3 is 0 Å². The molecule has 1 aromatic heterocycles. The molecule has 3 heteroatoms. The van der Waals surface area contributed by atoms with E-state index in [9.17, 15) is 0 Å². The Kier molecular flexibility index (Phi) is 2.79. The molecule has 0 radical (unpaired) electrons. The first-order valence-corrected chi connectivity index (χ1v) is 5.22. The van der Waals surface area contributed by atoms with Gasteiger partial charge in [-0.3, -0.25) is 0 Å². The molecule has 0 fully saturated rings. The van der Waals surface area contributed by atoms with Gasteiger partial charge in [0.25, 0.3) is 0 Å². The smallest absolute Gasteiger partial charge is 0.155 e. The Balaban J connectivity index is 2.61. The van der Waals surface area contributed by atoms with Crippen LogP contribution in [0.1, 0.15) is 5.69 Å². The standard InChI is InChI=1S/C12H7BrN2/c13-12-10(6-7-15-11(12)8-14)9-4-2-1-3-5-9/h1-7H. The Morgan fingerprint density at radius 2 is 1.87 bits per heavy atom. The van der Waals surface area contributed by atoms with Crippen molar-refractivity contribution < 1.29 is 0 Å². The first-order chi connectivity index (χ1) is 7.33. The summed E-state index contributed by atoms with van der Waals surface area (Å²) in [5.74, 6) is 0. The summed E-state index contributed by atoms with van der Waals surface area (Å²) in [7, 11) is 0. The van der Waals surface area contributed by atoms with Crippen LogP contribution in [0.2, 0.25) is 0 Å². The topological polar surface area (TPSA) is 36.7 Å². The molecule has 0 saturated heterocycles. The van der Waals surface area contributed by atoms with Crippen LogP contribution in [-0.2, 0) is 0 Å². The number of hydrogen-bond acceptors (Lipinski definition) is 2. The highest BCUT2D eigenvalue weighted by Crippen LogP contribution is 2.29. The second-order valence-corrected chi connectivity index (χ2v) is 3.79. The average Bonchev–Trinajstić information content (AvgIpc) is 2.30. The molecular weight excluding hydrogens is 252 g/mol. The van der Waals surface area contributed by atoms with E-state index in [1.807, 2.05) is 42.5 Å². The summed E-state index contributed by atoms with van der Waals surface area (Å²) >= 11 is 3.39. The molecule has 1 aromatic carbocycles. The van der Waals surface area contributed by atoms with Crippen molar-refractivity contribution >= 4 is 15.9 Å². The third-order valence-corrected chi connectivity index (χ3v) is 2.88. The van der Waals surface area contributed by atoms with Gasteiger partial charge in [-0.25, -0.2) is 4.98 Å². The highest BCUT2D eigenvalue weighted by atomic mass is 79.9. The van der Waals surface area contributed by atoms with Crippen molar-refractivity contribution in [1.29, 1.82) is 5.26 Å². The van der Waals surface area contributed by atoms with Gasteiger partial charge in [-0.05, 0) is 27.6 Å². The van der Waals surface area contributed by atoms with Crippen molar-refractivity contribution in [2.24, 2.45) is 0 Å². The Morgan fingerprint density at radius 1 is 1.13 bits per heavy atom.